The molecule has 0 radical (unpaired) electrons. The lowest BCUT2D eigenvalue weighted by Crippen LogP contribution is -2.25. The van der Waals surface area contributed by atoms with Gasteiger partial charge < -0.3 is 0 Å². The normalized spacial score (nSPS) is 12.3. The van der Waals surface area contributed by atoms with Crippen molar-refractivity contribution in [3.8, 4) is 0 Å². The predicted molar refractivity (Wildman–Crippen MR) is 121 cm³/mol. The van der Waals surface area contributed by atoms with Crippen LogP contribution in [0.2, 0.25) is 0 Å². The molecule has 0 aliphatic carbocycles. The number of aromatic nitrogens is 1. The highest BCUT2D eigenvalue weighted by atomic mass is 32.2. The molecule has 0 unspecified atom stereocenters. The monoisotopic (exact) mass is 454 g/mol. The van der Waals surface area contributed by atoms with Crippen molar-refractivity contribution in [2.45, 2.75) is 23.1 Å². The van der Waals surface area contributed by atoms with E-state index in [0.717, 1.165) is 16.5 Å². The molecule has 0 aliphatic heterocycles. The van der Waals surface area contributed by atoms with Crippen LogP contribution in [0.4, 0.5) is 0 Å². The summed E-state index contributed by atoms with van der Waals surface area (Å²) in [5.41, 5.74) is 2.38. The second kappa shape index (κ2) is 8.30. The molecule has 160 valence electrons. The number of aryl methyl sites for hydroxylation is 1. The number of sulfonamides is 1. The van der Waals surface area contributed by atoms with E-state index in [1.165, 1.54) is 16.1 Å². The fourth-order valence-corrected chi connectivity index (χ4v) is 5.75. The minimum absolute atomic E-state index is 0.203. The van der Waals surface area contributed by atoms with Gasteiger partial charge in [-0.3, -0.25) is 0 Å². The molecule has 3 aromatic carbocycles. The number of rotatable bonds is 7. The Morgan fingerprint density at radius 3 is 2.23 bits per heavy atom. The number of nitrogens with zero attached hydrogens (tertiary/aromatic N) is 1. The third-order valence-electron chi connectivity index (χ3n) is 5.06. The summed E-state index contributed by atoms with van der Waals surface area (Å²) in [5, 5.41) is 0.796. The Balaban J connectivity index is 1.57. The van der Waals surface area contributed by atoms with Crippen LogP contribution in [0.1, 0.15) is 11.1 Å². The van der Waals surface area contributed by atoms with Crippen molar-refractivity contribution < 1.29 is 16.8 Å². The molecule has 0 aliphatic rings. The number of nitrogens with one attached hydrogen (secondary N) is 1. The minimum Gasteiger partial charge on any atom is -0.241 e. The number of fused-ring (bicyclic) bond motifs is 1. The highest BCUT2D eigenvalue weighted by molar-refractivity contribution is 7.90. The smallest absolute Gasteiger partial charge is 0.241 e. The van der Waals surface area contributed by atoms with E-state index in [9.17, 15) is 16.8 Å². The van der Waals surface area contributed by atoms with Gasteiger partial charge in [0.15, 0.2) is 0 Å². The van der Waals surface area contributed by atoms with Crippen molar-refractivity contribution >= 4 is 30.9 Å². The summed E-state index contributed by atoms with van der Waals surface area (Å²) >= 11 is 0. The van der Waals surface area contributed by atoms with Gasteiger partial charge in [0.25, 0.3) is 10.0 Å². The van der Waals surface area contributed by atoms with Crippen molar-refractivity contribution in [2.75, 3.05) is 6.54 Å². The number of hydrogen-bond acceptors (Lipinski definition) is 4. The highest BCUT2D eigenvalue weighted by Crippen LogP contribution is 2.24. The van der Waals surface area contributed by atoms with Gasteiger partial charge in [0.1, 0.15) is 0 Å². The maximum Gasteiger partial charge on any atom is 0.268 e. The van der Waals surface area contributed by atoms with Crippen molar-refractivity contribution in [3.63, 3.8) is 0 Å². The van der Waals surface area contributed by atoms with Gasteiger partial charge in [0.05, 0.1) is 15.3 Å². The first-order valence-corrected chi connectivity index (χ1v) is 12.7. The third-order valence-corrected chi connectivity index (χ3v) is 8.24. The topological polar surface area (TPSA) is 85.2 Å². The zero-order valence-corrected chi connectivity index (χ0v) is 18.5. The van der Waals surface area contributed by atoms with E-state index in [4.69, 9.17) is 0 Å². The van der Waals surface area contributed by atoms with Crippen molar-refractivity contribution in [2.24, 2.45) is 0 Å². The zero-order chi connectivity index (χ0) is 22.1. The Kier molecular flexibility index (Phi) is 5.70. The van der Waals surface area contributed by atoms with Crippen molar-refractivity contribution in [3.05, 3.63) is 96.2 Å². The molecule has 1 aromatic heterocycles. The summed E-state index contributed by atoms with van der Waals surface area (Å²) in [6.45, 7) is 2.11. The van der Waals surface area contributed by atoms with E-state index in [1.807, 2.05) is 19.1 Å². The van der Waals surface area contributed by atoms with Gasteiger partial charge in [-0.25, -0.2) is 25.5 Å². The van der Waals surface area contributed by atoms with Crippen LogP contribution in [-0.4, -0.2) is 27.4 Å². The molecular weight excluding hydrogens is 432 g/mol. The van der Waals surface area contributed by atoms with E-state index in [0.29, 0.717) is 11.9 Å². The summed E-state index contributed by atoms with van der Waals surface area (Å²) in [4.78, 5) is 0.431. The summed E-state index contributed by atoms with van der Waals surface area (Å²) in [6, 6.07) is 22.2. The molecule has 1 heterocycles. The van der Waals surface area contributed by atoms with Crippen LogP contribution in [0, 0.1) is 6.92 Å². The molecule has 0 saturated carbocycles. The highest BCUT2D eigenvalue weighted by Gasteiger charge is 2.19. The molecule has 1 N–H and O–H groups in total. The molecule has 0 spiro atoms. The fraction of sp³-hybridized carbons (Fsp3) is 0.130. The van der Waals surface area contributed by atoms with E-state index < -0.39 is 20.0 Å². The molecule has 0 amide bonds. The van der Waals surface area contributed by atoms with Crippen LogP contribution >= 0.6 is 0 Å². The van der Waals surface area contributed by atoms with Gasteiger partial charge >= 0.3 is 0 Å². The molecule has 31 heavy (non-hydrogen) atoms. The summed E-state index contributed by atoms with van der Waals surface area (Å²) in [7, 11) is -7.31. The first-order chi connectivity index (χ1) is 14.8. The molecule has 4 aromatic rings. The Morgan fingerprint density at radius 1 is 0.806 bits per heavy atom. The van der Waals surface area contributed by atoms with Gasteiger partial charge in [0, 0.05) is 18.1 Å². The summed E-state index contributed by atoms with van der Waals surface area (Å²) < 4.78 is 54.8. The fourth-order valence-electron chi connectivity index (χ4n) is 3.35. The van der Waals surface area contributed by atoms with Crippen molar-refractivity contribution in [1.29, 1.82) is 0 Å². The molecule has 4 rings (SSSR count). The lowest BCUT2D eigenvalue weighted by molar-refractivity contribution is 0.581. The molecule has 0 saturated heterocycles. The van der Waals surface area contributed by atoms with Gasteiger partial charge in [0.2, 0.25) is 10.0 Å². The number of hydrogen-bond donors (Lipinski definition) is 1. The quantitative estimate of drug-likeness (QED) is 0.461. The van der Waals surface area contributed by atoms with E-state index in [-0.39, 0.29) is 16.3 Å². The first kappa shape index (κ1) is 21.3. The average molecular weight is 455 g/mol. The first-order valence-electron chi connectivity index (χ1n) is 9.74. The predicted octanol–water partition coefficient (Wildman–Crippen LogP) is 3.71. The molecule has 0 atom stereocenters. The Morgan fingerprint density at radius 2 is 1.52 bits per heavy atom. The Hall–Kier alpha value is -2.94. The van der Waals surface area contributed by atoms with Gasteiger partial charge in [-0.15, -0.1) is 0 Å². The maximum atomic E-state index is 13.1. The Bertz CT molecular complexity index is 1420. The summed E-state index contributed by atoms with van der Waals surface area (Å²) in [5.74, 6) is 0. The van der Waals surface area contributed by atoms with Crippen LogP contribution in [0.3, 0.4) is 0 Å². The molecule has 8 heteroatoms. The van der Waals surface area contributed by atoms with E-state index >= 15 is 0 Å². The standard InChI is InChI=1S/C23H22N2O4S2/c1-18-7-11-22(12-8-18)31(28,29)25-16-14-20-10-9-19(17-23(20)25)13-15-24-30(26,27)21-5-3-2-4-6-21/h2-12,14,16-17,24H,13,15H2,1H3. The zero-order valence-electron chi connectivity index (χ0n) is 16.9. The molecule has 0 fully saturated rings. The van der Waals surface area contributed by atoms with Crippen LogP contribution in [-0.2, 0) is 26.5 Å². The van der Waals surface area contributed by atoms with Gasteiger partial charge in [-0.05, 0) is 55.3 Å². The van der Waals surface area contributed by atoms with Gasteiger partial charge in [-0.1, -0.05) is 48.0 Å². The second-order valence-corrected chi connectivity index (χ2v) is 10.9. The lowest BCUT2D eigenvalue weighted by atomic mass is 10.1. The largest absolute Gasteiger partial charge is 0.268 e. The second-order valence-electron chi connectivity index (χ2n) is 7.28. The molecule has 0 bridgehead atoms. The number of benzene rings is 3. The van der Waals surface area contributed by atoms with Crippen LogP contribution in [0.25, 0.3) is 10.9 Å². The van der Waals surface area contributed by atoms with Crippen LogP contribution in [0.5, 0.6) is 0 Å². The van der Waals surface area contributed by atoms with Gasteiger partial charge in [-0.2, -0.15) is 0 Å². The third kappa shape index (κ3) is 4.41. The lowest BCUT2D eigenvalue weighted by Gasteiger charge is -2.10. The SMILES string of the molecule is Cc1ccc(S(=O)(=O)n2ccc3ccc(CCNS(=O)(=O)c4ccccc4)cc32)cc1. The summed E-state index contributed by atoms with van der Waals surface area (Å²) in [6.07, 6.45) is 1.97. The van der Waals surface area contributed by atoms with Crippen molar-refractivity contribution in [1.82, 2.24) is 8.69 Å². The molecular formula is C23H22N2O4S2. The van der Waals surface area contributed by atoms with E-state index in [2.05, 4.69) is 4.72 Å². The average Bonchev–Trinajstić information content (AvgIpc) is 3.19. The minimum atomic E-state index is -3.73. The van der Waals surface area contributed by atoms with E-state index in [1.54, 1.807) is 60.8 Å². The van der Waals surface area contributed by atoms with Crippen LogP contribution in [0.15, 0.2) is 94.9 Å². The van der Waals surface area contributed by atoms with Crippen LogP contribution < -0.4 is 4.72 Å². The molecule has 6 nitrogen and oxygen atoms in total. The Labute approximate surface area is 182 Å². The maximum absolute atomic E-state index is 13.1.